The summed E-state index contributed by atoms with van der Waals surface area (Å²) in [5, 5.41) is 0. The zero-order valence-electron chi connectivity index (χ0n) is 13.0. The third-order valence-electron chi connectivity index (χ3n) is 4.85. The molecule has 1 heterocycles. The molecule has 120 valence electrons. The molecule has 3 nitrogen and oxygen atoms in total. The van der Waals surface area contributed by atoms with Crippen molar-refractivity contribution in [3.8, 4) is 0 Å². The molecule has 2 aliphatic rings. The predicted octanol–water partition coefficient (Wildman–Crippen LogP) is 4.43. The Morgan fingerprint density at radius 3 is 2.32 bits per heavy atom. The van der Waals surface area contributed by atoms with Gasteiger partial charge in [-0.05, 0) is 25.7 Å². The van der Waals surface area contributed by atoms with Gasteiger partial charge in [0.05, 0.1) is 18.0 Å². The summed E-state index contributed by atoms with van der Waals surface area (Å²) in [4.78, 5) is 12.6. The molecule has 2 fully saturated rings. The van der Waals surface area contributed by atoms with Gasteiger partial charge in [0.2, 0.25) is 0 Å². The van der Waals surface area contributed by atoms with Gasteiger partial charge in [0.25, 0.3) is 0 Å². The van der Waals surface area contributed by atoms with Crippen molar-refractivity contribution < 1.29 is 14.3 Å². The number of ether oxygens (including phenoxy) is 2. The molecule has 0 N–H and O–H groups in total. The highest BCUT2D eigenvalue weighted by atomic mass is 79.9. The summed E-state index contributed by atoms with van der Waals surface area (Å²) in [6.45, 7) is 3.15. The minimum absolute atomic E-state index is 0.0618. The van der Waals surface area contributed by atoms with E-state index in [1.165, 1.54) is 19.3 Å². The van der Waals surface area contributed by atoms with Crippen LogP contribution in [0.3, 0.4) is 0 Å². The molecule has 4 heteroatoms. The highest BCUT2D eigenvalue weighted by Crippen LogP contribution is 2.33. The van der Waals surface area contributed by atoms with Crippen LogP contribution in [0, 0.1) is 5.92 Å². The van der Waals surface area contributed by atoms with Gasteiger partial charge in [0, 0.05) is 11.1 Å². The minimum Gasteiger partial charge on any atom is -0.344 e. The normalized spacial score (nSPS) is 23.4. The summed E-state index contributed by atoms with van der Waals surface area (Å²) in [5.74, 6) is -0.00420. The summed E-state index contributed by atoms with van der Waals surface area (Å²) in [5.41, 5.74) is 1.73. The SMILES string of the molecule is CC1(c2ccc(C(=O)C(Br)C3CCCCC3)cc2)OCCO1. The number of hydrogen-bond donors (Lipinski definition) is 0. The van der Waals surface area contributed by atoms with Gasteiger partial charge in [-0.1, -0.05) is 59.5 Å². The van der Waals surface area contributed by atoms with Crippen LogP contribution in [0.1, 0.15) is 54.9 Å². The number of ketones is 1. The lowest BCUT2D eigenvalue weighted by Gasteiger charge is -2.26. The van der Waals surface area contributed by atoms with Crippen LogP contribution in [0.5, 0.6) is 0 Å². The van der Waals surface area contributed by atoms with E-state index >= 15 is 0 Å². The number of Topliss-reactive ketones (excluding diaryl/α,β-unsaturated/α-hetero) is 1. The number of alkyl halides is 1. The Balaban J connectivity index is 1.70. The Bertz CT molecular complexity index is 514. The third kappa shape index (κ3) is 3.29. The number of rotatable bonds is 4. The lowest BCUT2D eigenvalue weighted by molar-refractivity contribution is -0.149. The smallest absolute Gasteiger partial charge is 0.192 e. The fraction of sp³-hybridized carbons (Fsp3) is 0.611. The molecule has 1 unspecified atom stereocenters. The number of hydrogen-bond acceptors (Lipinski definition) is 3. The Morgan fingerprint density at radius 1 is 1.14 bits per heavy atom. The summed E-state index contributed by atoms with van der Waals surface area (Å²) in [7, 11) is 0. The number of benzene rings is 1. The van der Waals surface area contributed by atoms with Gasteiger partial charge in [-0.15, -0.1) is 0 Å². The average molecular weight is 367 g/mol. The highest BCUT2D eigenvalue weighted by Gasteiger charge is 2.33. The van der Waals surface area contributed by atoms with E-state index < -0.39 is 5.79 Å². The van der Waals surface area contributed by atoms with E-state index in [2.05, 4.69) is 15.9 Å². The number of carbonyl (C=O) groups excluding carboxylic acids is 1. The summed E-state index contributed by atoms with van der Waals surface area (Å²) >= 11 is 3.64. The monoisotopic (exact) mass is 366 g/mol. The van der Waals surface area contributed by atoms with Crippen molar-refractivity contribution in [2.45, 2.75) is 49.6 Å². The molecule has 1 saturated heterocycles. The van der Waals surface area contributed by atoms with Gasteiger partial charge in [-0.2, -0.15) is 0 Å². The van der Waals surface area contributed by atoms with Crippen molar-refractivity contribution in [3.63, 3.8) is 0 Å². The molecule has 1 aromatic carbocycles. The van der Waals surface area contributed by atoms with Crippen molar-refractivity contribution in [1.82, 2.24) is 0 Å². The second-order valence-corrected chi connectivity index (χ2v) is 7.37. The topological polar surface area (TPSA) is 35.5 Å². The minimum atomic E-state index is -0.668. The van der Waals surface area contributed by atoms with Crippen molar-refractivity contribution in [2.75, 3.05) is 13.2 Å². The zero-order valence-corrected chi connectivity index (χ0v) is 14.6. The predicted molar refractivity (Wildman–Crippen MR) is 89.3 cm³/mol. The van der Waals surface area contributed by atoms with Crippen molar-refractivity contribution in [2.24, 2.45) is 5.92 Å². The molecule has 1 aliphatic heterocycles. The Morgan fingerprint density at radius 2 is 1.73 bits per heavy atom. The fourth-order valence-corrected chi connectivity index (χ4v) is 4.21. The molecular weight excluding hydrogens is 344 g/mol. The maximum Gasteiger partial charge on any atom is 0.192 e. The van der Waals surface area contributed by atoms with E-state index in [4.69, 9.17) is 9.47 Å². The van der Waals surface area contributed by atoms with Gasteiger partial charge in [-0.25, -0.2) is 0 Å². The lowest BCUT2D eigenvalue weighted by atomic mass is 9.84. The molecule has 1 saturated carbocycles. The quantitative estimate of drug-likeness (QED) is 0.583. The third-order valence-corrected chi connectivity index (χ3v) is 6.01. The maximum absolute atomic E-state index is 12.6. The summed E-state index contributed by atoms with van der Waals surface area (Å²) in [6.07, 6.45) is 6.09. The molecule has 22 heavy (non-hydrogen) atoms. The Hall–Kier alpha value is -0.710. The second kappa shape index (κ2) is 6.81. The van der Waals surface area contributed by atoms with E-state index in [0.29, 0.717) is 19.1 Å². The fourth-order valence-electron chi connectivity index (χ4n) is 3.42. The summed E-state index contributed by atoms with van der Waals surface area (Å²) < 4.78 is 11.3. The van der Waals surface area contributed by atoms with Crippen LogP contribution < -0.4 is 0 Å². The Labute approximate surface area is 140 Å². The van der Waals surface area contributed by atoms with Crippen LogP contribution in [0.25, 0.3) is 0 Å². The lowest BCUT2D eigenvalue weighted by Crippen LogP contribution is -2.26. The van der Waals surface area contributed by atoms with Crippen LogP contribution in [0.2, 0.25) is 0 Å². The molecule has 0 amide bonds. The van der Waals surface area contributed by atoms with Crippen LogP contribution in [-0.4, -0.2) is 23.8 Å². The maximum atomic E-state index is 12.6. The van der Waals surface area contributed by atoms with E-state index in [1.807, 2.05) is 31.2 Å². The molecule has 0 bridgehead atoms. The first-order chi connectivity index (χ1) is 10.6. The highest BCUT2D eigenvalue weighted by molar-refractivity contribution is 9.10. The van der Waals surface area contributed by atoms with Gasteiger partial charge in [0.15, 0.2) is 11.6 Å². The average Bonchev–Trinajstić information content (AvgIpc) is 3.02. The standard InChI is InChI=1S/C18H23BrO3/c1-18(21-11-12-22-18)15-9-7-14(8-10-15)17(20)16(19)13-5-3-2-4-6-13/h7-10,13,16H,2-6,11-12H2,1H3. The molecule has 0 aromatic heterocycles. The van der Waals surface area contributed by atoms with Gasteiger partial charge in [-0.3, -0.25) is 4.79 Å². The van der Waals surface area contributed by atoms with Gasteiger partial charge in [0.1, 0.15) is 0 Å². The molecule has 1 aliphatic carbocycles. The first-order valence-corrected chi connectivity index (χ1v) is 9.08. The van der Waals surface area contributed by atoms with Crippen molar-refractivity contribution in [1.29, 1.82) is 0 Å². The van der Waals surface area contributed by atoms with E-state index in [0.717, 1.165) is 24.0 Å². The molecular formula is C18H23BrO3. The molecule has 1 atom stereocenters. The number of halogens is 1. The summed E-state index contributed by atoms with van der Waals surface area (Å²) in [6, 6.07) is 7.67. The van der Waals surface area contributed by atoms with E-state index in [1.54, 1.807) is 0 Å². The van der Waals surface area contributed by atoms with Crippen LogP contribution in [0.15, 0.2) is 24.3 Å². The number of carbonyl (C=O) groups is 1. The van der Waals surface area contributed by atoms with Crippen molar-refractivity contribution in [3.05, 3.63) is 35.4 Å². The molecule has 3 rings (SSSR count). The first kappa shape index (κ1) is 16.2. The zero-order chi connectivity index (χ0) is 15.6. The largest absolute Gasteiger partial charge is 0.344 e. The van der Waals surface area contributed by atoms with Crippen LogP contribution in [-0.2, 0) is 15.3 Å². The Kier molecular flexibility index (Phi) is 5.00. The van der Waals surface area contributed by atoms with Crippen molar-refractivity contribution >= 4 is 21.7 Å². The van der Waals surface area contributed by atoms with Gasteiger partial charge < -0.3 is 9.47 Å². The molecule has 1 aromatic rings. The van der Waals surface area contributed by atoms with Crippen LogP contribution >= 0.6 is 15.9 Å². The molecule has 0 radical (unpaired) electrons. The van der Waals surface area contributed by atoms with E-state index in [9.17, 15) is 4.79 Å². The second-order valence-electron chi connectivity index (χ2n) is 6.38. The first-order valence-electron chi connectivity index (χ1n) is 8.17. The van der Waals surface area contributed by atoms with Gasteiger partial charge >= 0.3 is 0 Å². The van der Waals surface area contributed by atoms with Crippen LogP contribution in [0.4, 0.5) is 0 Å². The molecule has 0 spiro atoms. The van der Waals surface area contributed by atoms with E-state index in [-0.39, 0.29) is 10.6 Å².